The molecule has 1 aromatic carbocycles. The predicted octanol–water partition coefficient (Wildman–Crippen LogP) is 3.67. The van der Waals surface area contributed by atoms with E-state index >= 15 is 0 Å². The van der Waals surface area contributed by atoms with Crippen LogP contribution in [0.1, 0.15) is 25.1 Å². The van der Waals surface area contributed by atoms with Crippen LogP contribution >= 0.6 is 15.9 Å². The Morgan fingerprint density at radius 3 is 2.91 bits per heavy atom. The second-order valence-electron chi connectivity index (χ2n) is 8.80. The molecule has 9 nitrogen and oxygen atoms in total. The number of carbonyl (C=O) groups excluding carboxylic acids is 1. The zero-order chi connectivity index (χ0) is 23.7. The van der Waals surface area contributed by atoms with E-state index < -0.39 is 0 Å². The van der Waals surface area contributed by atoms with Crippen LogP contribution in [0.15, 0.2) is 29.0 Å². The number of halogens is 1. The number of rotatable bonds is 5. The second-order valence-corrected chi connectivity index (χ2v) is 9.56. The maximum Gasteiger partial charge on any atom is 0.222 e. The maximum atomic E-state index is 12.0. The van der Waals surface area contributed by atoms with E-state index in [4.69, 9.17) is 16.3 Å². The number of hydrogen-bond donors (Lipinski definition) is 1. The number of benzene rings is 1. The molecule has 10 heteroatoms. The summed E-state index contributed by atoms with van der Waals surface area (Å²) in [5, 5.41) is 8.22. The normalized spacial score (nSPS) is 20.4. The summed E-state index contributed by atoms with van der Waals surface area (Å²) in [5.41, 5.74) is 2.98. The molecule has 2 aliphatic rings. The minimum absolute atomic E-state index is 0.0791. The van der Waals surface area contributed by atoms with Crippen molar-refractivity contribution in [2.24, 2.45) is 11.8 Å². The minimum Gasteiger partial charge on any atom is -0.378 e. The first-order chi connectivity index (χ1) is 16.6. The first-order valence-electron chi connectivity index (χ1n) is 11.5. The highest BCUT2D eigenvalue weighted by molar-refractivity contribution is 9.10. The quantitative estimate of drug-likeness (QED) is 0.513. The van der Waals surface area contributed by atoms with Crippen LogP contribution in [0.5, 0.6) is 0 Å². The second kappa shape index (κ2) is 9.68. The van der Waals surface area contributed by atoms with E-state index in [1.165, 1.54) is 0 Å². The summed E-state index contributed by atoms with van der Waals surface area (Å²) in [6.45, 7) is 10.6. The molecule has 0 bridgehead atoms. The van der Waals surface area contributed by atoms with Crippen LogP contribution in [0.25, 0.3) is 21.6 Å². The van der Waals surface area contributed by atoms with Crippen LogP contribution in [0.3, 0.4) is 0 Å². The molecule has 3 aromatic rings. The number of nitrogens with zero attached hydrogens (tertiary/aromatic N) is 6. The molecule has 34 heavy (non-hydrogen) atoms. The average Bonchev–Trinajstić information content (AvgIpc) is 3.48. The number of morpholine rings is 1. The summed E-state index contributed by atoms with van der Waals surface area (Å²) in [5.74, 6) is 1.34. The smallest absolute Gasteiger partial charge is 0.222 e. The van der Waals surface area contributed by atoms with Gasteiger partial charge in [-0.2, -0.15) is 5.10 Å². The van der Waals surface area contributed by atoms with Crippen molar-refractivity contribution < 1.29 is 9.53 Å². The molecule has 1 N–H and O–H groups in total. The number of ether oxygens (including phenoxy) is 1. The molecule has 2 fully saturated rings. The molecule has 1 amide bonds. The largest absolute Gasteiger partial charge is 0.378 e. The van der Waals surface area contributed by atoms with E-state index in [9.17, 15) is 4.79 Å². The van der Waals surface area contributed by atoms with Gasteiger partial charge in [0.2, 0.25) is 11.6 Å². The van der Waals surface area contributed by atoms with Gasteiger partial charge in [0.05, 0.1) is 30.9 Å². The average molecular weight is 524 g/mol. The molecule has 1 saturated heterocycles. The molecule has 2 aromatic heterocycles. The third-order valence-electron chi connectivity index (χ3n) is 6.73. The van der Waals surface area contributed by atoms with E-state index in [0.717, 1.165) is 61.4 Å². The van der Waals surface area contributed by atoms with E-state index in [1.54, 1.807) is 17.9 Å². The van der Waals surface area contributed by atoms with Gasteiger partial charge in [-0.05, 0) is 59.3 Å². The van der Waals surface area contributed by atoms with Crippen molar-refractivity contribution in [1.82, 2.24) is 25.1 Å². The summed E-state index contributed by atoms with van der Waals surface area (Å²) >= 11 is 3.53. The molecular formula is C24H26BrN7O2. The van der Waals surface area contributed by atoms with E-state index in [0.29, 0.717) is 35.1 Å². The lowest BCUT2D eigenvalue weighted by Gasteiger charge is -2.30. The van der Waals surface area contributed by atoms with Gasteiger partial charge in [-0.1, -0.05) is 0 Å². The molecule has 3 heterocycles. The number of aromatic nitrogens is 4. The Morgan fingerprint density at radius 1 is 1.32 bits per heavy atom. The Morgan fingerprint density at radius 2 is 2.15 bits per heavy atom. The molecule has 2 atom stereocenters. The standard InChI is InChI=1S/C24H26BrN7O2/c1-26-19-13-17(5-6-20(19)31-7-9-34-10-8-31)32-23-18(22(25)30-32)14-28-21(29-23)12-15-3-4-16(11-15)24(33)27-2/h5-6,13-16H,3-4,7-12H2,2H3,(H,27,33)/t15-,16-/m1/s1. The number of anilines is 1. The Bertz CT molecular complexity index is 1260. The van der Waals surface area contributed by atoms with Gasteiger partial charge in [0.25, 0.3) is 0 Å². The number of amides is 1. The lowest BCUT2D eigenvalue weighted by molar-refractivity contribution is -0.124. The fourth-order valence-corrected chi connectivity index (χ4v) is 5.39. The molecule has 1 saturated carbocycles. The van der Waals surface area contributed by atoms with Crippen LogP contribution in [0.2, 0.25) is 0 Å². The van der Waals surface area contributed by atoms with Crippen molar-refractivity contribution in [1.29, 1.82) is 0 Å². The third-order valence-corrected chi connectivity index (χ3v) is 7.32. The molecule has 0 radical (unpaired) electrons. The maximum absolute atomic E-state index is 12.0. The third kappa shape index (κ3) is 4.38. The van der Waals surface area contributed by atoms with E-state index in [2.05, 4.69) is 41.1 Å². The van der Waals surface area contributed by atoms with E-state index in [-0.39, 0.29) is 11.8 Å². The predicted molar refractivity (Wildman–Crippen MR) is 132 cm³/mol. The fraction of sp³-hybridized carbons (Fsp3) is 0.458. The summed E-state index contributed by atoms with van der Waals surface area (Å²) < 4.78 is 7.88. The lowest BCUT2D eigenvalue weighted by Crippen LogP contribution is -2.36. The Labute approximate surface area is 206 Å². The highest BCUT2D eigenvalue weighted by Crippen LogP contribution is 2.35. The number of fused-ring (bicyclic) bond motifs is 1. The van der Waals surface area contributed by atoms with Crippen LogP contribution < -0.4 is 10.2 Å². The van der Waals surface area contributed by atoms with Crippen LogP contribution in [0, 0.1) is 18.4 Å². The molecule has 0 spiro atoms. The van der Waals surface area contributed by atoms with Gasteiger partial charge in [0.1, 0.15) is 10.4 Å². The van der Waals surface area contributed by atoms with Crippen molar-refractivity contribution in [3.05, 3.63) is 46.2 Å². The highest BCUT2D eigenvalue weighted by Gasteiger charge is 2.30. The Kier molecular flexibility index (Phi) is 6.48. The SMILES string of the molecule is [C-]#[N+]c1cc(-n2nc(Br)c3cnc(C[C@@H]4CC[C@@H](C(=O)NC)C4)nc32)ccc1N1CCOCC1. The van der Waals surface area contributed by atoms with Gasteiger partial charge in [0.15, 0.2) is 5.65 Å². The number of nitrogens with one attached hydrogen (secondary N) is 1. The fourth-order valence-electron chi connectivity index (χ4n) is 4.95. The van der Waals surface area contributed by atoms with Gasteiger partial charge in [-0.3, -0.25) is 4.79 Å². The molecule has 176 valence electrons. The zero-order valence-corrected chi connectivity index (χ0v) is 20.6. The van der Waals surface area contributed by atoms with Crippen LogP contribution in [-0.4, -0.2) is 59.0 Å². The lowest BCUT2D eigenvalue weighted by atomic mass is 10.0. The van der Waals surface area contributed by atoms with Crippen molar-refractivity contribution >= 4 is 44.2 Å². The Balaban J connectivity index is 1.44. The first kappa shape index (κ1) is 22.7. The summed E-state index contributed by atoms with van der Waals surface area (Å²) in [7, 11) is 1.69. The van der Waals surface area contributed by atoms with Gasteiger partial charge >= 0.3 is 0 Å². The van der Waals surface area contributed by atoms with Gasteiger partial charge in [0, 0.05) is 44.4 Å². The monoisotopic (exact) mass is 523 g/mol. The molecular weight excluding hydrogens is 498 g/mol. The van der Waals surface area contributed by atoms with Crippen molar-refractivity contribution in [2.75, 3.05) is 38.3 Å². The van der Waals surface area contributed by atoms with Crippen LogP contribution in [0.4, 0.5) is 11.4 Å². The first-order valence-corrected chi connectivity index (χ1v) is 12.3. The van der Waals surface area contributed by atoms with Crippen LogP contribution in [-0.2, 0) is 16.0 Å². The summed E-state index contributed by atoms with van der Waals surface area (Å²) in [6, 6.07) is 5.82. The number of carbonyl (C=O) groups is 1. The van der Waals surface area contributed by atoms with Crippen molar-refractivity contribution in [3.63, 3.8) is 0 Å². The topological polar surface area (TPSA) is 89.5 Å². The highest BCUT2D eigenvalue weighted by atomic mass is 79.9. The van der Waals surface area contributed by atoms with E-state index in [1.807, 2.05) is 18.2 Å². The molecule has 0 unspecified atom stereocenters. The molecule has 1 aliphatic heterocycles. The van der Waals surface area contributed by atoms with Crippen molar-refractivity contribution in [3.8, 4) is 5.69 Å². The van der Waals surface area contributed by atoms with Gasteiger partial charge in [-0.15, -0.1) is 0 Å². The van der Waals surface area contributed by atoms with Crippen molar-refractivity contribution in [2.45, 2.75) is 25.7 Å². The number of hydrogen-bond acceptors (Lipinski definition) is 6. The summed E-state index contributed by atoms with van der Waals surface area (Å²) in [4.78, 5) is 27.4. The minimum atomic E-state index is 0.0791. The summed E-state index contributed by atoms with van der Waals surface area (Å²) in [6.07, 6.45) is 5.30. The van der Waals surface area contributed by atoms with Gasteiger partial charge < -0.3 is 15.0 Å². The molecule has 1 aliphatic carbocycles. The van der Waals surface area contributed by atoms with Gasteiger partial charge in [-0.25, -0.2) is 19.5 Å². The zero-order valence-electron chi connectivity index (χ0n) is 19.0. The Hall–Kier alpha value is -3.03. The molecule has 5 rings (SSSR count).